The second kappa shape index (κ2) is 10.0. The minimum atomic E-state index is -3.53. The van der Waals surface area contributed by atoms with Crippen LogP contribution in [0.4, 0.5) is 4.39 Å². The predicted octanol–water partition coefficient (Wildman–Crippen LogP) is 1.29. The monoisotopic (exact) mass is 441 g/mol. The maximum atomic E-state index is 12.9. The van der Waals surface area contributed by atoms with Crippen LogP contribution in [0.3, 0.4) is 0 Å². The highest BCUT2D eigenvalue weighted by Gasteiger charge is 2.42. The summed E-state index contributed by atoms with van der Waals surface area (Å²) < 4.78 is 37.3. The van der Waals surface area contributed by atoms with Crippen molar-refractivity contribution in [3.05, 3.63) is 30.1 Å². The molecule has 1 unspecified atom stereocenters. The van der Waals surface area contributed by atoms with Crippen molar-refractivity contribution in [2.24, 2.45) is 5.41 Å². The quantitative estimate of drug-likeness (QED) is 0.599. The van der Waals surface area contributed by atoms with Gasteiger partial charge in [0.2, 0.25) is 5.91 Å². The fraction of sp³-hybridized carbons (Fsp3) is 0.588. The van der Waals surface area contributed by atoms with E-state index in [0.29, 0.717) is 0 Å². The lowest BCUT2D eigenvalue weighted by molar-refractivity contribution is -0.122. The molecule has 2 fully saturated rings. The van der Waals surface area contributed by atoms with Crippen molar-refractivity contribution in [2.45, 2.75) is 30.2 Å². The zero-order valence-electron chi connectivity index (χ0n) is 14.9. The van der Waals surface area contributed by atoms with E-state index in [4.69, 9.17) is 0 Å². The molecular weight excluding hydrogens is 416 g/mol. The number of carbonyl (C=O) groups excluding carboxylic acids is 1. The fourth-order valence-corrected chi connectivity index (χ4v) is 4.79. The highest BCUT2D eigenvalue weighted by Crippen LogP contribution is 2.37. The van der Waals surface area contributed by atoms with Crippen molar-refractivity contribution in [3.8, 4) is 0 Å². The van der Waals surface area contributed by atoms with Crippen molar-refractivity contribution in [1.29, 1.82) is 0 Å². The molecule has 154 valence electrons. The molecule has 2 saturated heterocycles. The van der Waals surface area contributed by atoms with Gasteiger partial charge in [0, 0.05) is 13.1 Å². The average Bonchev–Trinajstić information content (AvgIpc) is 2.99. The standard InChI is InChI=1S/C17H24FN3O3S.2ClH/c18-13-1-3-14(4-2-13)25(23,24)10-9-20-16(22)15-11-17(12-21-15)5-7-19-8-6-17;;/h1-4,15,19,21H,5-12H2,(H,20,22);2*1H. The van der Waals surface area contributed by atoms with Gasteiger partial charge in [-0.3, -0.25) is 4.79 Å². The Kier molecular flexibility index (Phi) is 8.95. The number of amides is 1. The van der Waals surface area contributed by atoms with E-state index in [-0.39, 0.29) is 59.4 Å². The van der Waals surface area contributed by atoms with Gasteiger partial charge in [-0.2, -0.15) is 0 Å². The SMILES string of the molecule is Cl.Cl.O=C(NCCS(=O)(=O)c1ccc(F)cc1)C1CC2(CCNCC2)CN1. The van der Waals surface area contributed by atoms with Crippen molar-refractivity contribution in [3.63, 3.8) is 0 Å². The first kappa shape index (κ1) is 24.1. The molecule has 3 N–H and O–H groups in total. The molecule has 2 aliphatic rings. The minimum absolute atomic E-state index is 0. The van der Waals surface area contributed by atoms with E-state index in [0.717, 1.165) is 51.0 Å². The summed E-state index contributed by atoms with van der Waals surface area (Å²) in [4.78, 5) is 12.4. The van der Waals surface area contributed by atoms with E-state index >= 15 is 0 Å². The van der Waals surface area contributed by atoms with Gasteiger partial charge in [0.25, 0.3) is 0 Å². The summed E-state index contributed by atoms with van der Waals surface area (Å²) >= 11 is 0. The summed E-state index contributed by atoms with van der Waals surface area (Å²) in [5, 5.41) is 9.32. The zero-order chi connectivity index (χ0) is 17.9. The van der Waals surface area contributed by atoms with Gasteiger partial charge in [0.15, 0.2) is 9.84 Å². The molecular formula is C17H26Cl2FN3O3S. The molecule has 10 heteroatoms. The molecule has 2 aliphatic heterocycles. The summed E-state index contributed by atoms with van der Waals surface area (Å²) in [7, 11) is -3.53. The molecule has 2 heterocycles. The van der Waals surface area contributed by atoms with Gasteiger partial charge in [-0.1, -0.05) is 0 Å². The third-order valence-corrected chi connectivity index (χ3v) is 6.92. The molecule has 1 amide bonds. The summed E-state index contributed by atoms with van der Waals surface area (Å²) in [6, 6.07) is 4.46. The summed E-state index contributed by atoms with van der Waals surface area (Å²) in [5.74, 6) is -0.831. The topological polar surface area (TPSA) is 87.3 Å². The molecule has 6 nitrogen and oxygen atoms in total. The van der Waals surface area contributed by atoms with Crippen LogP contribution in [0.25, 0.3) is 0 Å². The number of hydrogen-bond acceptors (Lipinski definition) is 5. The lowest BCUT2D eigenvalue weighted by Crippen LogP contribution is -2.42. The Balaban J connectivity index is 0.00000182. The lowest BCUT2D eigenvalue weighted by Gasteiger charge is -2.33. The molecule has 1 spiro atoms. The van der Waals surface area contributed by atoms with Gasteiger partial charge in [0.05, 0.1) is 16.7 Å². The largest absolute Gasteiger partial charge is 0.354 e. The van der Waals surface area contributed by atoms with E-state index < -0.39 is 15.7 Å². The van der Waals surface area contributed by atoms with Crippen molar-refractivity contribution < 1.29 is 17.6 Å². The van der Waals surface area contributed by atoms with Gasteiger partial charge >= 0.3 is 0 Å². The van der Waals surface area contributed by atoms with Crippen LogP contribution in [0, 0.1) is 11.2 Å². The highest BCUT2D eigenvalue weighted by molar-refractivity contribution is 7.91. The molecule has 3 rings (SSSR count). The molecule has 0 aromatic heterocycles. The summed E-state index contributed by atoms with van der Waals surface area (Å²) in [6.45, 7) is 2.84. The molecule has 0 radical (unpaired) electrons. The van der Waals surface area contributed by atoms with Crippen LogP contribution in [0.15, 0.2) is 29.2 Å². The first-order valence-electron chi connectivity index (χ1n) is 8.60. The second-order valence-corrected chi connectivity index (χ2v) is 9.06. The Hall–Kier alpha value is -0.930. The van der Waals surface area contributed by atoms with Crippen LogP contribution < -0.4 is 16.0 Å². The van der Waals surface area contributed by atoms with E-state index in [9.17, 15) is 17.6 Å². The first-order chi connectivity index (χ1) is 11.9. The second-order valence-electron chi connectivity index (χ2n) is 6.95. The number of carbonyl (C=O) groups is 1. The van der Waals surface area contributed by atoms with Gasteiger partial charge < -0.3 is 16.0 Å². The normalized spacial score (nSPS) is 21.1. The zero-order valence-corrected chi connectivity index (χ0v) is 17.3. The summed E-state index contributed by atoms with van der Waals surface area (Å²) in [6.07, 6.45) is 2.91. The maximum Gasteiger partial charge on any atom is 0.237 e. The van der Waals surface area contributed by atoms with Crippen LogP contribution in [0.5, 0.6) is 0 Å². The van der Waals surface area contributed by atoms with Crippen LogP contribution in [0.1, 0.15) is 19.3 Å². The molecule has 27 heavy (non-hydrogen) atoms. The Morgan fingerprint density at radius 1 is 1.19 bits per heavy atom. The van der Waals surface area contributed by atoms with Crippen LogP contribution in [-0.2, 0) is 14.6 Å². The number of benzene rings is 1. The third kappa shape index (κ3) is 6.02. The number of halogens is 3. The Morgan fingerprint density at radius 3 is 2.44 bits per heavy atom. The van der Waals surface area contributed by atoms with Crippen molar-refractivity contribution >= 4 is 40.6 Å². The van der Waals surface area contributed by atoms with Gasteiger partial charge in [-0.05, 0) is 62.0 Å². The molecule has 1 atom stereocenters. The van der Waals surface area contributed by atoms with E-state index in [1.54, 1.807) is 0 Å². The van der Waals surface area contributed by atoms with E-state index in [1.807, 2.05) is 0 Å². The molecule has 0 aliphatic carbocycles. The van der Waals surface area contributed by atoms with Crippen LogP contribution in [0.2, 0.25) is 0 Å². The fourth-order valence-electron chi connectivity index (χ4n) is 3.63. The number of piperidine rings is 1. The smallest absolute Gasteiger partial charge is 0.237 e. The molecule has 1 aromatic rings. The number of rotatable bonds is 5. The van der Waals surface area contributed by atoms with Crippen LogP contribution in [-0.4, -0.2) is 52.3 Å². The van der Waals surface area contributed by atoms with E-state index in [2.05, 4.69) is 16.0 Å². The van der Waals surface area contributed by atoms with Crippen molar-refractivity contribution in [2.75, 3.05) is 31.9 Å². The number of hydrogen-bond donors (Lipinski definition) is 3. The highest BCUT2D eigenvalue weighted by atomic mass is 35.5. The third-order valence-electron chi connectivity index (χ3n) is 5.18. The Bertz CT molecular complexity index is 725. The van der Waals surface area contributed by atoms with Crippen molar-refractivity contribution in [1.82, 2.24) is 16.0 Å². The first-order valence-corrected chi connectivity index (χ1v) is 10.3. The van der Waals surface area contributed by atoms with Crippen LogP contribution >= 0.6 is 24.8 Å². The van der Waals surface area contributed by atoms with Gasteiger partial charge in [-0.15, -0.1) is 24.8 Å². The number of nitrogens with one attached hydrogen (secondary N) is 3. The number of sulfone groups is 1. The minimum Gasteiger partial charge on any atom is -0.354 e. The maximum absolute atomic E-state index is 12.9. The van der Waals surface area contributed by atoms with Gasteiger partial charge in [0.1, 0.15) is 5.82 Å². The lowest BCUT2D eigenvalue weighted by atomic mass is 9.77. The molecule has 0 saturated carbocycles. The van der Waals surface area contributed by atoms with E-state index in [1.165, 1.54) is 12.1 Å². The van der Waals surface area contributed by atoms with Gasteiger partial charge in [-0.25, -0.2) is 12.8 Å². The average molecular weight is 442 g/mol. The Morgan fingerprint density at radius 2 is 1.81 bits per heavy atom. The molecule has 0 bridgehead atoms. The summed E-state index contributed by atoms with van der Waals surface area (Å²) in [5.41, 5.74) is 0.188. The predicted molar refractivity (Wildman–Crippen MR) is 107 cm³/mol. The Labute approximate surface area is 171 Å². The molecule has 1 aromatic carbocycles.